The summed E-state index contributed by atoms with van der Waals surface area (Å²) in [6.45, 7) is 1.38. The van der Waals surface area contributed by atoms with Gasteiger partial charge in [-0.15, -0.1) is 0 Å². The van der Waals surface area contributed by atoms with E-state index in [1.165, 1.54) is 4.90 Å². The molecule has 5 rings (SSSR count). The van der Waals surface area contributed by atoms with Crippen molar-refractivity contribution in [1.29, 1.82) is 0 Å². The van der Waals surface area contributed by atoms with Gasteiger partial charge in [-0.1, -0.05) is 12.1 Å². The Balaban J connectivity index is 1.59. The third-order valence-electron chi connectivity index (χ3n) is 8.59. The van der Waals surface area contributed by atoms with E-state index in [0.717, 1.165) is 0 Å². The molecule has 0 radical (unpaired) electrons. The number of nitrogens with two attached hydrogens (primary N) is 1. The predicted octanol–water partition coefficient (Wildman–Crippen LogP) is 0.898. The summed E-state index contributed by atoms with van der Waals surface area (Å²) in [7, 11) is 3.12. The molecule has 1 saturated heterocycles. The number of Topliss-reactive ketones (excluding diaryl/α,β-unsaturated/α-hetero) is 2. The summed E-state index contributed by atoms with van der Waals surface area (Å²) in [5.74, 6) is -6.63. The van der Waals surface area contributed by atoms with Gasteiger partial charge in [0.1, 0.15) is 29.0 Å². The fourth-order valence-corrected chi connectivity index (χ4v) is 6.69. The molecule has 0 bridgehead atoms. The molecule has 3 aliphatic carbocycles. The number of halogens is 1. The Morgan fingerprint density at radius 1 is 1.18 bits per heavy atom. The summed E-state index contributed by atoms with van der Waals surface area (Å²) in [5.41, 5.74) is 2.83. The third-order valence-corrected chi connectivity index (χ3v) is 8.59. The van der Waals surface area contributed by atoms with Crippen LogP contribution in [-0.4, -0.2) is 92.7 Å². The van der Waals surface area contributed by atoms with Gasteiger partial charge >= 0.3 is 0 Å². The molecule has 11 heteroatoms. The van der Waals surface area contributed by atoms with E-state index in [4.69, 9.17) is 5.73 Å². The summed E-state index contributed by atoms with van der Waals surface area (Å²) in [6.07, 6.45) is 0.251. The quantitative estimate of drug-likeness (QED) is 0.356. The first-order valence-electron chi connectivity index (χ1n) is 12.7. The van der Waals surface area contributed by atoms with E-state index in [1.807, 2.05) is 4.90 Å². The van der Waals surface area contributed by atoms with E-state index >= 15 is 0 Å². The molecule has 10 nitrogen and oxygen atoms in total. The molecule has 4 atom stereocenters. The number of likely N-dealkylation sites (N-methyl/N-ethyl adjacent to an activating group) is 1. The second-order valence-corrected chi connectivity index (χ2v) is 11.0. The molecule has 204 valence electrons. The second kappa shape index (κ2) is 9.18. The number of ketones is 2. The van der Waals surface area contributed by atoms with Crippen molar-refractivity contribution in [3.8, 4) is 5.75 Å². The highest BCUT2D eigenvalue weighted by Gasteiger charge is 2.64. The molecule has 1 aromatic carbocycles. The molecule has 0 aromatic heterocycles. The minimum Gasteiger partial charge on any atom is -0.508 e. The number of phenolic OH excluding ortho intramolecular Hbond substituents is 1. The van der Waals surface area contributed by atoms with E-state index in [-0.39, 0.29) is 29.7 Å². The van der Waals surface area contributed by atoms with Gasteiger partial charge in [0.05, 0.1) is 11.6 Å². The van der Waals surface area contributed by atoms with Gasteiger partial charge in [-0.3, -0.25) is 24.2 Å². The van der Waals surface area contributed by atoms with Gasteiger partial charge in [0, 0.05) is 36.7 Å². The van der Waals surface area contributed by atoms with Gasteiger partial charge in [-0.2, -0.15) is 0 Å². The van der Waals surface area contributed by atoms with Crippen molar-refractivity contribution in [2.24, 2.45) is 17.6 Å². The molecule has 1 saturated carbocycles. The van der Waals surface area contributed by atoms with Gasteiger partial charge < -0.3 is 26.2 Å². The maximum Gasteiger partial charge on any atom is 0.255 e. The van der Waals surface area contributed by atoms with Crippen LogP contribution < -0.4 is 5.73 Å². The number of carbonyl (C=O) groups excluding carboxylic acids is 3. The van der Waals surface area contributed by atoms with Crippen LogP contribution in [0.15, 0.2) is 29.0 Å². The van der Waals surface area contributed by atoms with Crippen LogP contribution in [0.4, 0.5) is 4.39 Å². The van der Waals surface area contributed by atoms with Crippen molar-refractivity contribution in [3.63, 3.8) is 0 Å². The van der Waals surface area contributed by atoms with Crippen molar-refractivity contribution in [3.05, 3.63) is 45.7 Å². The van der Waals surface area contributed by atoms with Gasteiger partial charge in [-0.05, 0) is 51.3 Å². The van der Waals surface area contributed by atoms with Crippen LogP contribution in [0.3, 0.4) is 0 Å². The van der Waals surface area contributed by atoms with Crippen molar-refractivity contribution < 1.29 is 39.2 Å². The normalized spacial score (nSPS) is 30.4. The highest BCUT2D eigenvalue weighted by atomic mass is 19.1. The zero-order valence-corrected chi connectivity index (χ0v) is 21.3. The van der Waals surface area contributed by atoms with Crippen molar-refractivity contribution in [2.45, 2.75) is 50.0 Å². The van der Waals surface area contributed by atoms with Crippen LogP contribution in [0.2, 0.25) is 0 Å². The zero-order valence-electron chi connectivity index (χ0n) is 21.3. The first-order chi connectivity index (χ1) is 17.9. The number of rotatable bonds is 4. The van der Waals surface area contributed by atoms with Crippen LogP contribution in [0.25, 0.3) is 5.76 Å². The number of fused-ring (bicyclic) bond motifs is 3. The summed E-state index contributed by atoms with van der Waals surface area (Å²) in [5, 5.41) is 45.0. The summed E-state index contributed by atoms with van der Waals surface area (Å²) in [4.78, 5) is 42.5. The fraction of sp³-hybridized carbons (Fsp3) is 0.519. The van der Waals surface area contributed by atoms with E-state index in [1.54, 1.807) is 26.2 Å². The molecule has 2 fully saturated rings. The molecule has 1 aromatic rings. The molecule has 1 heterocycles. The molecular weight excluding hydrogens is 497 g/mol. The Morgan fingerprint density at radius 2 is 1.84 bits per heavy atom. The largest absolute Gasteiger partial charge is 0.508 e. The predicted molar refractivity (Wildman–Crippen MR) is 134 cm³/mol. The van der Waals surface area contributed by atoms with E-state index in [0.29, 0.717) is 43.6 Å². The highest BCUT2D eigenvalue weighted by Crippen LogP contribution is 2.52. The first kappa shape index (κ1) is 26.3. The highest BCUT2D eigenvalue weighted by molar-refractivity contribution is 6.24. The van der Waals surface area contributed by atoms with Crippen LogP contribution >= 0.6 is 0 Å². The van der Waals surface area contributed by atoms with Crippen molar-refractivity contribution >= 4 is 23.2 Å². The number of likely N-dealkylation sites (tertiary alicyclic amines) is 1. The molecule has 1 aliphatic heterocycles. The monoisotopic (exact) mass is 529 g/mol. The number of amides is 1. The molecule has 0 spiro atoms. The molecule has 6 N–H and O–H groups in total. The van der Waals surface area contributed by atoms with E-state index in [2.05, 4.69) is 0 Å². The number of nitrogens with zero attached hydrogens (tertiary/aromatic N) is 2. The number of carbonyl (C=O) groups is 3. The Hall–Kier alpha value is -3.28. The third kappa shape index (κ3) is 3.75. The lowest BCUT2D eigenvalue weighted by Gasteiger charge is -2.50. The standard InChI is InChI=1S/C27H32FN3O7/c1-30(2)20-16-10-14-9-12-3-4-13(11-31-7-5-15(28)6-8-31)21(32)17(12)22(33)18(14)24(35)27(16,38)25(36)19(23(20)34)26(29)37/h3-4,14-16,20,32-33,36,38H,5-11H2,1-2H3,(H2,29,37)/t14-,16-,20-,27-/m0/s1. The Morgan fingerprint density at radius 3 is 2.45 bits per heavy atom. The minimum atomic E-state index is -2.66. The maximum atomic E-state index is 13.9. The van der Waals surface area contributed by atoms with Gasteiger partial charge in [0.2, 0.25) is 5.78 Å². The number of alkyl halides is 1. The second-order valence-electron chi connectivity index (χ2n) is 11.0. The molecule has 1 amide bonds. The minimum absolute atomic E-state index is 0.0481. The van der Waals surface area contributed by atoms with Crippen molar-refractivity contribution in [1.82, 2.24) is 9.80 Å². The lowest BCUT2D eigenvalue weighted by Crippen LogP contribution is -2.65. The Kier molecular flexibility index (Phi) is 6.36. The molecule has 38 heavy (non-hydrogen) atoms. The number of aliphatic hydroxyl groups excluding tert-OH is 2. The molecular formula is C27H32FN3O7. The molecule has 4 aliphatic rings. The lowest BCUT2D eigenvalue weighted by atomic mass is 9.57. The van der Waals surface area contributed by atoms with Crippen LogP contribution in [0.1, 0.15) is 36.0 Å². The summed E-state index contributed by atoms with van der Waals surface area (Å²) < 4.78 is 13.5. The van der Waals surface area contributed by atoms with Crippen LogP contribution in [0.5, 0.6) is 5.75 Å². The topological polar surface area (TPSA) is 165 Å². The zero-order chi connectivity index (χ0) is 27.7. The fourth-order valence-electron chi connectivity index (χ4n) is 6.69. The number of hydrogen-bond acceptors (Lipinski definition) is 9. The SMILES string of the molecule is CN(C)[C@@H]1C(=O)C(C(N)=O)=C(O)[C@@]2(O)C(=O)C3=C(O)c4c(ccc(CN5CCC(F)CC5)c4O)C[C@H]3C[C@@H]12. The number of piperidine rings is 1. The van der Waals surface area contributed by atoms with E-state index in [9.17, 15) is 39.2 Å². The number of primary amides is 1. The number of aromatic hydroxyl groups is 1. The summed E-state index contributed by atoms with van der Waals surface area (Å²) >= 11 is 0. The lowest BCUT2D eigenvalue weighted by molar-refractivity contribution is -0.153. The molecule has 0 unspecified atom stereocenters. The Labute approximate surface area is 218 Å². The Bertz CT molecular complexity index is 1300. The number of hydrogen-bond donors (Lipinski definition) is 5. The van der Waals surface area contributed by atoms with E-state index < -0.39 is 64.2 Å². The average molecular weight is 530 g/mol. The number of benzene rings is 1. The first-order valence-corrected chi connectivity index (χ1v) is 12.7. The average Bonchev–Trinajstić information content (AvgIpc) is 2.84. The number of aliphatic hydroxyl groups is 3. The number of phenols is 1. The van der Waals surface area contributed by atoms with Gasteiger partial charge in [-0.25, -0.2) is 4.39 Å². The van der Waals surface area contributed by atoms with Gasteiger partial charge in [0.25, 0.3) is 5.91 Å². The van der Waals surface area contributed by atoms with Crippen LogP contribution in [0, 0.1) is 11.8 Å². The van der Waals surface area contributed by atoms with Crippen molar-refractivity contribution in [2.75, 3.05) is 27.2 Å². The van der Waals surface area contributed by atoms with Gasteiger partial charge in [0.15, 0.2) is 11.4 Å². The van der Waals surface area contributed by atoms with Crippen LogP contribution in [-0.2, 0) is 27.3 Å². The smallest absolute Gasteiger partial charge is 0.255 e. The summed E-state index contributed by atoms with van der Waals surface area (Å²) in [6, 6.07) is 2.40. The maximum absolute atomic E-state index is 13.9.